The van der Waals surface area contributed by atoms with Crippen LogP contribution in [-0.4, -0.2) is 46.9 Å². The van der Waals surface area contributed by atoms with E-state index in [4.69, 9.17) is 33.7 Å². The first-order valence-corrected chi connectivity index (χ1v) is 11.1. The van der Waals surface area contributed by atoms with E-state index < -0.39 is 17.6 Å². The van der Waals surface area contributed by atoms with Gasteiger partial charge < -0.3 is 20.4 Å². The summed E-state index contributed by atoms with van der Waals surface area (Å²) in [4.78, 5) is 42.1. The number of nitrogens with two attached hydrogens (primary N) is 1. The molecule has 3 rings (SSSR count). The monoisotopic (exact) mass is 490 g/mol. The first-order valence-electron chi connectivity index (χ1n) is 10.3. The third kappa shape index (κ3) is 5.03. The highest BCUT2D eigenvalue weighted by Crippen LogP contribution is 2.31. The van der Waals surface area contributed by atoms with Crippen molar-refractivity contribution in [2.75, 3.05) is 19.8 Å². The number of imidazole rings is 1. The second-order valence-corrected chi connectivity index (χ2v) is 8.29. The number of benzene rings is 2. The van der Waals surface area contributed by atoms with Crippen LogP contribution in [0, 0.1) is 6.92 Å². The van der Waals surface area contributed by atoms with Gasteiger partial charge in [-0.05, 0) is 43.2 Å². The van der Waals surface area contributed by atoms with Crippen LogP contribution in [0.4, 0.5) is 0 Å². The van der Waals surface area contributed by atoms with Gasteiger partial charge in [-0.2, -0.15) is 0 Å². The molecule has 0 bridgehead atoms. The summed E-state index contributed by atoms with van der Waals surface area (Å²) in [5.41, 5.74) is 7.59. The fourth-order valence-electron chi connectivity index (χ4n) is 3.43. The van der Waals surface area contributed by atoms with Crippen molar-refractivity contribution in [2.24, 2.45) is 12.8 Å². The molecule has 33 heavy (non-hydrogen) atoms. The van der Waals surface area contributed by atoms with E-state index in [9.17, 15) is 14.4 Å². The molecule has 0 spiro atoms. The Kier molecular flexibility index (Phi) is 7.73. The number of fused-ring (bicyclic) bond motifs is 1. The van der Waals surface area contributed by atoms with E-state index >= 15 is 0 Å². The number of aromatic nitrogens is 2. The smallest absolute Gasteiger partial charge is 0.252 e. The highest BCUT2D eigenvalue weighted by Gasteiger charge is 2.26. The van der Waals surface area contributed by atoms with Crippen molar-refractivity contribution >= 4 is 51.8 Å². The van der Waals surface area contributed by atoms with Crippen molar-refractivity contribution in [1.82, 2.24) is 14.9 Å². The number of carbonyl (C=O) groups excluding carboxylic acids is 3. The molecule has 174 valence electrons. The van der Waals surface area contributed by atoms with E-state index in [0.29, 0.717) is 41.9 Å². The predicted molar refractivity (Wildman–Crippen MR) is 127 cm³/mol. The van der Waals surface area contributed by atoms with Crippen molar-refractivity contribution < 1.29 is 19.1 Å². The second kappa shape index (κ2) is 10.3. The molecule has 0 saturated heterocycles. The number of halogens is 2. The number of carbonyl (C=O) groups is 3. The molecule has 3 aromatic rings. The maximum atomic E-state index is 13.4. The fraction of sp³-hybridized carbons (Fsp3) is 0.304. The molecule has 3 N–H and O–H groups in total. The summed E-state index contributed by atoms with van der Waals surface area (Å²) < 4.78 is 6.89. The summed E-state index contributed by atoms with van der Waals surface area (Å²) in [6, 6.07) is 6.09. The number of aryl methyl sites for hydroxylation is 2. The average molecular weight is 491 g/mol. The lowest BCUT2D eigenvalue weighted by Gasteiger charge is -2.11. The molecule has 0 atom stereocenters. The van der Waals surface area contributed by atoms with Crippen LogP contribution in [-0.2, 0) is 11.8 Å². The summed E-state index contributed by atoms with van der Waals surface area (Å²) >= 11 is 12.8. The lowest BCUT2D eigenvalue weighted by molar-refractivity contribution is 0.0915. The number of nitrogens with one attached hydrogen (secondary N) is 1. The number of hydrogen-bond acceptors (Lipinski definition) is 5. The predicted octanol–water partition coefficient (Wildman–Crippen LogP) is 3.67. The Balaban J connectivity index is 1.97. The number of ether oxygens (including phenoxy) is 1. The van der Waals surface area contributed by atoms with Gasteiger partial charge in [0, 0.05) is 25.8 Å². The van der Waals surface area contributed by atoms with Gasteiger partial charge in [-0.1, -0.05) is 30.1 Å². The molecule has 0 fully saturated rings. The topological polar surface area (TPSA) is 116 Å². The Morgan fingerprint density at radius 2 is 1.91 bits per heavy atom. The Hall–Kier alpha value is -2.94. The fourth-order valence-corrected chi connectivity index (χ4v) is 4.06. The summed E-state index contributed by atoms with van der Waals surface area (Å²) in [5.74, 6) is -1.52. The summed E-state index contributed by atoms with van der Waals surface area (Å²) in [6.07, 6.45) is 0.883. The van der Waals surface area contributed by atoms with E-state index in [-0.39, 0.29) is 27.0 Å². The van der Waals surface area contributed by atoms with Gasteiger partial charge in [-0.25, -0.2) is 4.98 Å². The molecule has 10 heteroatoms. The van der Waals surface area contributed by atoms with Gasteiger partial charge in [0.1, 0.15) is 0 Å². The molecule has 0 aliphatic carbocycles. The Labute approximate surface area is 201 Å². The van der Waals surface area contributed by atoms with Gasteiger partial charge in [0.15, 0.2) is 5.82 Å². The number of ketones is 1. The van der Waals surface area contributed by atoms with Crippen LogP contribution in [0.3, 0.4) is 0 Å². The van der Waals surface area contributed by atoms with Crippen molar-refractivity contribution in [1.29, 1.82) is 0 Å². The van der Waals surface area contributed by atoms with Gasteiger partial charge in [-0.3, -0.25) is 14.4 Å². The molecule has 0 radical (unpaired) electrons. The maximum Gasteiger partial charge on any atom is 0.252 e. The molecule has 1 heterocycles. The standard InChI is InChI=1S/C23H24Cl2N4O4/c1-4-8-33-9-7-27-23(32)14-5-6-15(24)17(18(14)25)20(30)22-28-19-12(2)10-13(21(26)31)11-16(19)29(22)3/h5-6,10-11H,4,7-9H2,1-3H3,(H2,26,31)(H,27,32). The zero-order chi connectivity index (χ0) is 24.3. The number of hydrogen-bond donors (Lipinski definition) is 2. The molecule has 8 nitrogen and oxygen atoms in total. The third-order valence-corrected chi connectivity index (χ3v) is 5.82. The lowest BCUT2D eigenvalue weighted by atomic mass is 10.1. The van der Waals surface area contributed by atoms with Gasteiger partial charge in [-0.15, -0.1) is 0 Å². The molecule has 1 aromatic heterocycles. The zero-order valence-corrected chi connectivity index (χ0v) is 20.0. The minimum Gasteiger partial charge on any atom is -0.380 e. The molecule has 0 aliphatic rings. The van der Waals surface area contributed by atoms with Crippen LogP contribution >= 0.6 is 23.2 Å². The summed E-state index contributed by atoms with van der Waals surface area (Å²) in [5, 5.41) is 2.74. The second-order valence-electron chi connectivity index (χ2n) is 7.50. The average Bonchev–Trinajstić information content (AvgIpc) is 3.10. The first kappa shape index (κ1) is 24.7. The van der Waals surface area contributed by atoms with Crippen LogP contribution in [0.2, 0.25) is 10.0 Å². The van der Waals surface area contributed by atoms with Gasteiger partial charge >= 0.3 is 0 Å². The Morgan fingerprint density at radius 1 is 1.18 bits per heavy atom. The van der Waals surface area contributed by atoms with Gasteiger partial charge in [0.05, 0.1) is 38.8 Å². The van der Waals surface area contributed by atoms with Crippen LogP contribution in [0.25, 0.3) is 11.0 Å². The van der Waals surface area contributed by atoms with Crippen LogP contribution in [0.1, 0.15) is 55.8 Å². The Morgan fingerprint density at radius 3 is 2.58 bits per heavy atom. The molecular formula is C23H24Cl2N4O4. The van der Waals surface area contributed by atoms with Crippen molar-refractivity contribution in [3.8, 4) is 0 Å². The lowest BCUT2D eigenvalue weighted by Crippen LogP contribution is -2.28. The van der Waals surface area contributed by atoms with E-state index in [1.54, 1.807) is 30.7 Å². The van der Waals surface area contributed by atoms with E-state index in [0.717, 1.165) is 6.42 Å². The quantitative estimate of drug-likeness (QED) is 0.350. The third-order valence-electron chi connectivity index (χ3n) is 5.11. The first-order chi connectivity index (χ1) is 15.7. The number of amides is 2. The normalized spacial score (nSPS) is 11.1. The molecular weight excluding hydrogens is 467 g/mol. The van der Waals surface area contributed by atoms with Crippen molar-refractivity contribution in [3.05, 3.63) is 62.4 Å². The molecule has 0 aliphatic heterocycles. The number of primary amides is 1. The van der Waals surface area contributed by atoms with Gasteiger partial charge in [0.25, 0.3) is 5.91 Å². The largest absolute Gasteiger partial charge is 0.380 e. The van der Waals surface area contributed by atoms with E-state index in [2.05, 4.69) is 10.3 Å². The number of rotatable bonds is 9. The molecule has 0 saturated carbocycles. The molecule has 2 aromatic carbocycles. The van der Waals surface area contributed by atoms with Gasteiger partial charge in [0.2, 0.25) is 11.7 Å². The summed E-state index contributed by atoms with van der Waals surface area (Å²) in [7, 11) is 1.64. The minimum atomic E-state index is -0.584. The van der Waals surface area contributed by atoms with Crippen LogP contribution in [0.5, 0.6) is 0 Å². The van der Waals surface area contributed by atoms with E-state index in [1.165, 1.54) is 12.1 Å². The van der Waals surface area contributed by atoms with Crippen molar-refractivity contribution in [3.63, 3.8) is 0 Å². The van der Waals surface area contributed by atoms with Crippen LogP contribution in [0.15, 0.2) is 24.3 Å². The highest BCUT2D eigenvalue weighted by atomic mass is 35.5. The zero-order valence-electron chi connectivity index (χ0n) is 18.5. The number of nitrogens with zero attached hydrogens (tertiary/aromatic N) is 2. The van der Waals surface area contributed by atoms with E-state index in [1.807, 2.05) is 6.92 Å². The minimum absolute atomic E-state index is 0.0283. The maximum absolute atomic E-state index is 13.4. The van der Waals surface area contributed by atoms with Crippen molar-refractivity contribution in [2.45, 2.75) is 20.3 Å². The SMILES string of the molecule is CCCOCCNC(=O)c1ccc(Cl)c(C(=O)c2nc3c(C)cc(C(N)=O)cc3n2C)c1Cl. The Bertz CT molecular complexity index is 1250. The molecule has 0 unspecified atom stereocenters. The molecule has 2 amide bonds. The van der Waals surface area contributed by atoms with Crippen LogP contribution < -0.4 is 11.1 Å². The summed E-state index contributed by atoms with van der Waals surface area (Å²) in [6.45, 7) is 5.03. The highest BCUT2D eigenvalue weighted by molar-refractivity contribution is 6.42.